The van der Waals surface area contributed by atoms with Gasteiger partial charge in [0.25, 0.3) is 0 Å². The number of benzene rings is 2. The third-order valence-corrected chi connectivity index (χ3v) is 4.19. The summed E-state index contributed by atoms with van der Waals surface area (Å²) in [5.41, 5.74) is 5.16. The Morgan fingerprint density at radius 1 is 1.05 bits per heavy atom. The van der Waals surface area contributed by atoms with Gasteiger partial charge in [0.1, 0.15) is 0 Å². The Balaban J connectivity index is 1.95. The summed E-state index contributed by atoms with van der Waals surface area (Å²) in [5.74, 6) is 0.519. The smallest absolute Gasteiger partial charge is 0.0494 e. The first-order valence-electron chi connectivity index (χ1n) is 6.44. The molecule has 1 heterocycles. The van der Waals surface area contributed by atoms with Crippen LogP contribution in [0.5, 0.6) is 0 Å². The van der Waals surface area contributed by atoms with Crippen molar-refractivity contribution in [1.82, 2.24) is 0 Å². The largest absolute Gasteiger partial charge is 0.367 e. The summed E-state index contributed by atoms with van der Waals surface area (Å²) in [5, 5.41) is 0.766. The molecule has 3 heteroatoms. The number of halogens is 2. The molecule has 2 aromatic carbocycles. The summed E-state index contributed by atoms with van der Waals surface area (Å²) in [6.07, 6.45) is 1.07. The Bertz CT molecular complexity index is 595. The molecular formula is C16H15Cl2N. The van der Waals surface area contributed by atoms with Crippen molar-refractivity contribution in [2.24, 2.45) is 0 Å². The van der Waals surface area contributed by atoms with E-state index in [1.54, 1.807) is 0 Å². The first kappa shape index (κ1) is 12.8. The maximum absolute atomic E-state index is 6.12. The highest BCUT2D eigenvalue weighted by Crippen LogP contribution is 2.30. The molecule has 0 bridgehead atoms. The van der Waals surface area contributed by atoms with Gasteiger partial charge in [0, 0.05) is 29.7 Å². The van der Waals surface area contributed by atoms with E-state index in [1.807, 2.05) is 18.2 Å². The SMILES string of the molecule is ClCc1ccc(Cl)cc1N1CCc2ccccc2C1. The van der Waals surface area contributed by atoms with Gasteiger partial charge in [-0.05, 0) is 35.2 Å². The molecule has 0 unspecified atom stereocenters. The lowest BCUT2D eigenvalue weighted by Gasteiger charge is -2.32. The second-order valence-corrected chi connectivity index (χ2v) is 5.55. The molecule has 0 atom stereocenters. The van der Waals surface area contributed by atoms with E-state index < -0.39 is 0 Å². The number of hydrogen-bond acceptors (Lipinski definition) is 1. The highest BCUT2D eigenvalue weighted by molar-refractivity contribution is 6.31. The molecular weight excluding hydrogens is 277 g/mol. The van der Waals surface area contributed by atoms with Crippen LogP contribution in [-0.2, 0) is 18.8 Å². The normalized spacial score (nSPS) is 14.3. The van der Waals surface area contributed by atoms with E-state index in [-0.39, 0.29) is 0 Å². The van der Waals surface area contributed by atoms with Crippen molar-refractivity contribution in [3.63, 3.8) is 0 Å². The van der Waals surface area contributed by atoms with Gasteiger partial charge in [0.05, 0.1) is 0 Å². The van der Waals surface area contributed by atoms with Gasteiger partial charge in [-0.1, -0.05) is 41.9 Å². The summed E-state index contributed by atoms with van der Waals surface area (Å²) in [4.78, 5) is 2.37. The topological polar surface area (TPSA) is 3.24 Å². The summed E-state index contributed by atoms with van der Waals surface area (Å²) < 4.78 is 0. The van der Waals surface area contributed by atoms with Crippen LogP contribution in [0.2, 0.25) is 5.02 Å². The minimum absolute atomic E-state index is 0.519. The fourth-order valence-corrected chi connectivity index (χ4v) is 3.04. The first-order chi connectivity index (χ1) is 9.28. The van der Waals surface area contributed by atoms with Crippen molar-refractivity contribution in [2.75, 3.05) is 11.4 Å². The molecule has 0 aliphatic carbocycles. The molecule has 0 saturated carbocycles. The van der Waals surface area contributed by atoms with Crippen LogP contribution in [0.1, 0.15) is 16.7 Å². The predicted molar refractivity (Wildman–Crippen MR) is 82.2 cm³/mol. The number of fused-ring (bicyclic) bond motifs is 1. The Kier molecular flexibility index (Phi) is 3.67. The van der Waals surface area contributed by atoms with E-state index in [0.29, 0.717) is 5.88 Å². The standard InChI is InChI=1S/C16H15Cl2N/c17-10-13-5-6-15(18)9-16(13)19-8-7-12-3-1-2-4-14(12)11-19/h1-6,9H,7-8,10-11H2. The first-order valence-corrected chi connectivity index (χ1v) is 7.35. The molecule has 0 saturated heterocycles. The van der Waals surface area contributed by atoms with Crippen LogP contribution < -0.4 is 4.90 Å². The average molecular weight is 292 g/mol. The molecule has 0 radical (unpaired) electrons. The summed E-state index contributed by atoms with van der Waals surface area (Å²) >= 11 is 12.2. The Morgan fingerprint density at radius 3 is 2.63 bits per heavy atom. The van der Waals surface area contributed by atoms with Crippen molar-refractivity contribution >= 4 is 28.9 Å². The lowest BCUT2D eigenvalue weighted by molar-refractivity contribution is 0.729. The monoisotopic (exact) mass is 291 g/mol. The molecule has 1 aliphatic rings. The van der Waals surface area contributed by atoms with Crippen LogP contribution in [-0.4, -0.2) is 6.54 Å². The minimum Gasteiger partial charge on any atom is -0.367 e. The zero-order chi connectivity index (χ0) is 13.2. The van der Waals surface area contributed by atoms with Gasteiger partial charge in [-0.15, -0.1) is 11.6 Å². The molecule has 1 aliphatic heterocycles. The van der Waals surface area contributed by atoms with Crippen LogP contribution in [0.3, 0.4) is 0 Å². The average Bonchev–Trinajstić information content (AvgIpc) is 2.46. The lowest BCUT2D eigenvalue weighted by atomic mass is 9.99. The summed E-state index contributed by atoms with van der Waals surface area (Å²) in [6, 6.07) is 14.6. The molecule has 1 nitrogen and oxygen atoms in total. The maximum atomic E-state index is 6.12. The second-order valence-electron chi connectivity index (χ2n) is 4.85. The summed E-state index contributed by atoms with van der Waals surface area (Å²) in [7, 11) is 0. The highest BCUT2D eigenvalue weighted by Gasteiger charge is 2.18. The Hall–Kier alpha value is -1.18. The van der Waals surface area contributed by atoms with Gasteiger partial charge in [-0.25, -0.2) is 0 Å². The van der Waals surface area contributed by atoms with Crippen LogP contribution in [0, 0.1) is 0 Å². The quantitative estimate of drug-likeness (QED) is 0.729. The van der Waals surface area contributed by atoms with E-state index in [0.717, 1.165) is 35.8 Å². The van der Waals surface area contributed by atoms with Gasteiger partial charge in [-0.2, -0.15) is 0 Å². The van der Waals surface area contributed by atoms with E-state index >= 15 is 0 Å². The van der Waals surface area contributed by atoms with Gasteiger partial charge >= 0.3 is 0 Å². The van der Waals surface area contributed by atoms with Crippen molar-refractivity contribution in [3.05, 3.63) is 64.2 Å². The van der Waals surface area contributed by atoms with Crippen molar-refractivity contribution in [3.8, 4) is 0 Å². The van der Waals surface area contributed by atoms with Gasteiger partial charge in [0.2, 0.25) is 0 Å². The van der Waals surface area contributed by atoms with Gasteiger partial charge in [-0.3, -0.25) is 0 Å². The van der Waals surface area contributed by atoms with Crippen molar-refractivity contribution < 1.29 is 0 Å². The Morgan fingerprint density at radius 2 is 1.84 bits per heavy atom. The lowest BCUT2D eigenvalue weighted by Crippen LogP contribution is -2.30. The fourth-order valence-electron chi connectivity index (χ4n) is 2.65. The molecule has 19 heavy (non-hydrogen) atoms. The van der Waals surface area contributed by atoms with Gasteiger partial charge in [0.15, 0.2) is 0 Å². The zero-order valence-electron chi connectivity index (χ0n) is 10.6. The number of anilines is 1. The van der Waals surface area contributed by atoms with E-state index in [2.05, 4.69) is 29.2 Å². The predicted octanol–water partition coefficient (Wildman–Crippen LogP) is 4.64. The molecule has 2 aromatic rings. The fraction of sp³-hybridized carbons (Fsp3) is 0.250. The molecule has 0 fully saturated rings. The number of alkyl halides is 1. The van der Waals surface area contributed by atoms with Crippen LogP contribution in [0.25, 0.3) is 0 Å². The van der Waals surface area contributed by atoms with Crippen LogP contribution >= 0.6 is 23.2 Å². The molecule has 0 N–H and O–H groups in total. The Labute approximate surface area is 123 Å². The summed E-state index contributed by atoms with van der Waals surface area (Å²) in [6.45, 7) is 1.95. The van der Waals surface area contributed by atoms with Crippen LogP contribution in [0.4, 0.5) is 5.69 Å². The van der Waals surface area contributed by atoms with E-state index in [4.69, 9.17) is 23.2 Å². The van der Waals surface area contributed by atoms with Gasteiger partial charge < -0.3 is 4.90 Å². The third kappa shape index (κ3) is 2.58. The van der Waals surface area contributed by atoms with E-state index in [9.17, 15) is 0 Å². The molecule has 0 aromatic heterocycles. The van der Waals surface area contributed by atoms with Crippen molar-refractivity contribution in [1.29, 1.82) is 0 Å². The zero-order valence-corrected chi connectivity index (χ0v) is 12.1. The molecule has 0 amide bonds. The minimum atomic E-state index is 0.519. The third-order valence-electron chi connectivity index (χ3n) is 3.66. The van der Waals surface area contributed by atoms with Crippen LogP contribution in [0.15, 0.2) is 42.5 Å². The number of rotatable bonds is 2. The van der Waals surface area contributed by atoms with E-state index in [1.165, 1.54) is 11.1 Å². The second kappa shape index (κ2) is 5.44. The molecule has 98 valence electrons. The van der Waals surface area contributed by atoms with Crippen molar-refractivity contribution in [2.45, 2.75) is 18.8 Å². The highest BCUT2D eigenvalue weighted by atomic mass is 35.5. The molecule has 3 rings (SSSR count). The number of hydrogen-bond donors (Lipinski definition) is 0. The molecule has 0 spiro atoms. The maximum Gasteiger partial charge on any atom is 0.0494 e. The number of nitrogens with zero attached hydrogens (tertiary/aromatic N) is 1.